The summed E-state index contributed by atoms with van der Waals surface area (Å²) in [4.78, 5) is 0. The molecule has 0 rings (SSSR count). The van der Waals surface area contributed by atoms with Gasteiger partial charge in [-0.15, -0.1) is 0 Å². The van der Waals surface area contributed by atoms with Gasteiger partial charge in [0.05, 0.1) is 0 Å². The monoisotopic (exact) mass is 294 g/mol. The van der Waals surface area contributed by atoms with Crippen LogP contribution in [0.5, 0.6) is 0 Å². The molecule has 0 spiro atoms. The summed E-state index contributed by atoms with van der Waals surface area (Å²) in [5, 5.41) is 30.2. The van der Waals surface area contributed by atoms with Crippen LogP contribution >= 0.6 is 0 Å². The van der Waals surface area contributed by atoms with Crippen LogP contribution in [0, 0.1) is 0 Å². The van der Waals surface area contributed by atoms with Crippen molar-refractivity contribution in [2.45, 2.75) is 11.2 Å². The van der Waals surface area contributed by atoms with Gasteiger partial charge in [-0.2, -0.15) is 0 Å². The average Bonchev–Trinajstić information content (AvgIpc) is 1.83. The molecule has 0 aliphatic rings. The second-order valence-corrected chi connectivity index (χ2v) is 4.45. The number of rotatable bonds is 2. The number of hydrogen-bond acceptors (Lipinski definition) is 10. The average molecular weight is 294 g/mol. The van der Waals surface area contributed by atoms with Crippen LogP contribution in [0.15, 0.2) is 0 Å². The quantitative estimate of drug-likeness (QED) is 0.218. The Morgan fingerprint density at radius 2 is 0.800 bits per heavy atom. The zero-order chi connectivity index (χ0) is 12.2. The Hall–Kier alpha value is 0.920. The van der Waals surface area contributed by atoms with E-state index in [1.54, 1.807) is 0 Å². The molecule has 13 heteroatoms. The van der Waals surface area contributed by atoms with Crippen LogP contribution in [0.2, 0.25) is 0 Å². The van der Waals surface area contributed by atoms with Crippen molar-refractivity contribution in [1.29, 1.82) is 0 Å². The zero-order valence-electron chi connectivity index (χ0n) is 6.92. The molecule has 0 radical (unpaired) electrons. The van der Waals surface area contributed by atoms with E-state index in [4.69, 9.17) is 20.4 Å². The first-order chi connectivity index (χ1) is 5.89. The fourth-order valence-corrected chi connectivity index (χ4v) is 0. The third kappa shape index (κ3) is 14.9. The molecule has 4 N–H and O–H groups in total. The van der Waals surface area contributed by atoms with Crippen LogP contribution in [0.4, 0.5) is 0 Å². The topological polar surface area (TPSA) is 195 Å². The first-order valence-electron chi connectivity index (χ1n) is 2.50. The molecule has 0 bridgehead atoms. The summed E-state index contributed by atoms with van der Waals surface area (Å²) in [6.07, 6.45) is 0. The van der Waals surface area contributed by atoms with Gasteiger partial charge in [-0.25, -0.2) is 16.8 Å². The molecular weight excluding hydrogens is 288 g/mol. The molecule has 0 aliphatic heterocycles. The van der Waals surface area contributed by atoms with Gasteiger partial charge in [0, 0.05) is 0 Å². The predicted molar refractivity (Wildman–Crippen MR) is 41.6 cm³/mol. The van der Waals surface area contributed by atoms with E-state index < -0.39 is 31.5 Å². The normalized spacial score (nSPS) is 11.7. The molecule has 0 saturated heterocycles. The van der Waals surface area contributed by atoms with Crippen LogP contribution in [0.1, 0.15) is 0 Å². The number of aliphatic hydroxyl groups is 4. The summed E-state index contributed by atoms with van der Waals surface area (Å²) in [5.41, 5.74) is -5.57. The molecule has 0 aromatic rings. The molecule has 0 aromatic heterocycles. The van der Waals surface area contributed by atoms with Gasteiger partial charge in [0.1, 0.15) is 20.2 Å². The van der Waals surface area contributed by atoms with Gasteiger partial charge in [-0.05, 0) is 0 Å². The van der Waals surface area contributed by atoms with E-state index in [0.717, 1.165) is 0 Å². The minimum atomic E-state index is -4.88. The van der Waals surface area contributed by atoms with Gasteiger partial charge in [0.15, 0.2) is 0 Å². The zero-order valence-corrected chi connectivity index (χ0v) is 10.8. The number of aliphatic hydroxyl groups excluding tert-OH is 2. The Kier molecular flexibility index (Phi) is 11.4. The maximum absolute atomic E-state index is 9.28. The summed E-state index contributed by atoms with van der Waals surface area (Å²) in [6, 6.07) is 0. The first kappa shape index (κ1) is 21.2. The van der Waals surface area contributed by atoms with Crippen LogP contribution in [-0.4, -0.2) is 95.3 Å². The second-order valence-electron chi connectivity index (χ2n) is 1.64. The third-order valence-electron chi connectivity index (χ3n) is 0.516. The van der Waals surface area contributed by atoms with Gasteiger partial charge in [-0.3, -0.25) is 0 Å². The first-order valence-corrected chi connectivity index (χ1v) is 5.45. The van der Waals surface area contributed by atoms with Gasteiger partial charge < -0.3 is 29.5 Å². The van der Waals surface area contributed by atoms with Crippen molar-refractivity contribution in [2.24, 2.45) is 0 Å². The van der Waals surface area contributed by atoms with Gasteiger partial charge in [0.25, 0.3) is 0 Å². The minimum Gasteiger partial charge on any atom is -0.744 e. The summed E-state index contributed by atoms with van der Waals surface area (Å²) >= 11 is 0. The predicted octanol–water partition coefficient (Wildman–Crippen LogP) is -4.78. The molecule has 0 unspecified atom stereocenters. The molecule has 0 amide bonds. The van der Waals surface area contributed by atoms with Crippen molar-refractivity contribution in [3.8, 4) is 0 Å². The van der Waals surface area contributed by atoms with E-state index in [0.29, 0.717) is 0 Å². The van der Waals surface area contributed by atoms with Crippen LogP contribution in [0.25, 0.3) is 0 Å². The summed E-state index contributed by atoms with van der Waals surface area (Å²) in [6.45, 7) is 0. The molecule has 88 valence electrons. The molecule has 15 heavy (non-hydrogen) atoms. The summed E-state index contributed by atoms with van der Waals surface area (Å²) in [7, 11) is -9.76. The molecule has 0 saturated carbocycles. The van der Waals surface area contributed by atoms with E-state index in [9.17, 15) is 25.9 Å². The Labute approximate surface area is 115 Å². The Morgan fingerprint density at radius 1 is 0.733 bits per heavy atom. The van der Waals surface area contributed by atoms with E-state index in [1.165, 1.54) is 0 Å². The third-order valence-corrected chi connectivity index (χ3v) is 1.55. The molecule has 10 nitrogen and oxygen atoms in total. The summed E-state index contributed by atoms with van der Waals surface area (Å²) in [5.74, 6) is 0. The van der Waals surface area contributed by atoms with Crippen molar-refractivity contribution in [1.82, 2.24) is 0 Å². The van der Waals surface area contributed by atoms with Crippen molar-refractivity contribution < 1.29 is 46.4 Å². The van der Waals surface area contributed by atoms with Gasteiger partial charge in [0.2, 0.25) is 11.2 Å². The Morgan fingerprint density at radius 3 is 0.800 bits per heavy atom. The minimum absolute atomic E-state index is 0. The summed E-state index contributed by atoms with van der Waals surface area (Å²) < 4.78 is 55.7. The van der Waals surface area contributed by atoms with E-state index in [-0.39, 0.29) is 37.7 Å². The van der Waals surface area contributed by atoms with Crippen molar-refractivity contribution >= 4 is 58.0 Å². The van der Waals surface area contributed by atoms with E-state index in [2.05, 4.69) is 0 Å². The maximum atomic E-state index is 9.28. The van der Waals surface area contributed by atoms with Crippen LogP contribution < -0.4 is 0 Å². The van der Waals surface area contributed by atoms with Gasteiger partial charge >= 0.3 is 37.7 Å². The smallest absolute Gasteiger partial charge is 0.744 e. The van der Waals surface area contributed by atoms with E-state index in [1.807, 2.05) is 0 Å². The molecule has 0 fully saturated rings. The van der Waals surface area contributed by atoms with Crippen molar-refractivity contribution in [2.75, 3.05) is 0 Å². The van der Waals surface area contributed by atoms with Crippen molar-refractivity contribution in [3.63, 3.8) is 0 Å². The van der Waals surface area contributed by atoms with E-state index >= 15 is 0 Å². The van der Waals surface area contributed by atoms with Crippen LogP contribution in [-0.2, 0) is 20.2 Å². The Balaban J connectivity index is -0.000000180. The standard InChI is InChI=1S/2CH4O5S.Ca/c2*2-1(3)7(4,5)6;/h2*1-3H,(H,4,5,6);/q;;+2/p-2. The molecule has 0 aromatic carbocycles. The number of hydrogen-bond donors (Lipinski definition) is 4. The largest absolute Gasteiger partial charge is 2.00 e. The SMILES string of the molecule is O=S(=O)([O-])C(O)O.O=S(=O)([O-])C(O)O.[Ca+2]. The van der Waals surface area contributed by atoms with Crippen molar-refractivity contribution in [3.05, 3.63) is 0 Å². The fourth-order valence-electron chi connectivity index (χ4n) is 0. The van der Waals surface area contributed by atoms with Crippen LogP contribution in [0.3, 0.4) is 0 Å². The molecule has 0 atom stereocenters. The second kappa shape index (κ2) is 8.08. The maximum Gasteiger partial charge on any atom is 2.00 e. The Bertz CT molecular complexity index is 302. The molecular formula is C2H6CaO10S2. The molecule has 0 aliphatic carbocycles. The molecule has 0 heterocycles. The van der Waals surface area contributed by atoms with Gasteiger partial charge in [-0.1, -0.05) is 0 Å². The fraction of sp³-hybridized carbons (Fsp3) is 1.00.